The molecule has 1 saturated heterocycles. The van der Waals surface area contributed by atoms with Crippen molar-refractivity contribution in [1.82, 2.24) is 4.90 Å². The molecular weight excluding hydrogens is 266 g/mol. The van der Waals surface area contributed by atoms with Gasteiger partial charge >= 0.3 is 0 Å². The molecule has 1 atom stereocenters. The zero-order valence-electron chi connectivity index (χ0n) is 13.7. The van der Waals surface area contributed by atoms with Crippen LogP contribution in [0.3, 0.4) is 0 Å². The maximum Gasteiger partial charge on any atom is 0.00292 e. The highest BCUT2D eigenvalue weighted by atomic mass is 15.1. The minimum Gasteiger partial charge on any atom is -0.306 e. The van der Waals surface area contributed by atoms with E-state index in [1.54, 1.807) is 0 Å². The molecule has 22 heavy (non-hydrogen) atoms. The highest BCUT2D eigenvalue weighted by Crippen LogP contribution is 2.49. The average molecular weight is 293 g/mol. The van der Waals surface area contributed by atoms with Gasteiger partial charge in [0.1, 0.15) is 0 Å². The Morgan fingerprint density at radius 3 is 2.59 bits per heavy atom. The van der Waals surface area contributed by atoms with Crippen molar-refractivity contribution in [2.24, 2.45) is 5.41 Å². The van der Waals surface area contributed by atoms with Gasteiger partial charge in [-0.3, -0.25) is 0 Å². The molecule has 1 nitrogen and oxygen atoms in total. The van der Waals surface area contributed by atoms with Gasteiger partial charge in [-0.15, -0.1) is 0 Å². The Balaban J connectivity index is 1.88. The summed E-state index contributed by atoms with van der Waals surface area (Å²) in [6.07, 6.45) is 13.9. The van der Waals surface area contributed by atoms with Crippen molar-refractivity contribution in [3.05, 3.63) is 72.4 Å². The van der Waals surface area contributed by atoms with Crippen LogP contribution in [-0.2, 0) is 0 Å². The lowest BCUT2D eigenvalue weighted by atomic mass is 9.64. The van der Waals surface area contributed by atoms with E-state index in [2.05, 4.69) is 67.1 Å². The molecule has 116 valence electrons. The van der Waals surface area contributed by atoms with Crippen LogP contribution < -0.4 is 0 Å². The number of benzene rings is 1. The molecule has 3 rings (SSSR count). The van der Waals surface area contributed by atoms with Crippen molar-refractivity contribution in [2.75, 3.05) is 20.1 Å². The van der Waals surface area contributed by atoms with Gasteiger partial charge in [-0.05, 0) is 56.8 Å². The summed E-state index contributed by atoms with van der Waals surface area (Å²) >= 11 is 0. The quantitative estimate of drug-likeness (QED) is 0.713. The second-order valence-corrected chi connectivity index (χ2v) is 7.04. The van der Waals surface area contributed by atoms with Gasteiger partial charge in [0.2, 0.25) is 0 Å². The Morgan fingerprint density at radius 2 is 1.91 bits per heavy atom. The van der Waals surface area contributed by atoms with Crippen molar-refractivity contribution in [3.63, 3.8) is 0 Å². The van der Waals surface area contributed by atoms with Crippen LogP contribution in [0.5, 0.6) is 0 Å². The topological polar surface area (TPSA) is 3.24 Å². The van der Waals surface area contributed by atoms with Crippen molar-refractivity contribution in [3.8, 4) is 0 Å². The molecule has 1 spiro atoms. The Hall–Kier alpha value is -1.60. The lowest BCUT2D eigenvalue weighted by Crippen LogP contribution is -2.40. The number of likely N-dealkylation sites (tertiary alicyclic amines) is 1. The van der Waals surface area contributed by atoms with E-state index in [-0.39, 0.29) is 0 Å². The van der Waals surface area contributed by atoms with E-state index in [0.717, 1.165) is 0 Å². The summed E-state index contributed by atoms with van der Waals surface area (Å²) in [6.45, 7) is 6.29. The van der Waals surface area contributed by atoms with E-state index in [1.165, 1.54) is 49.9 Å². The molecule has 0 radical (unpaired) electrons. The fraction of sp³-hybridized carbons (Fsp3) is 0.429. The van der Waals surface area contributed by atoms with E-state index in [0.29, 0.717) is 11.3 Å². The smallest absolute Gasteiger partial charge is 0.00292 e. The SMILES string of the molecule is C=C/C=C\C1=CC(c2ccccc2)CC2(CCN(C)CC2)C1. The Morgan fingerprint density at radius 1 is 1.18 bits per heavy atom. The van der Waals surface area contributed by atoms with Gasteiger partial charge in [-0.2, -0.15) is 0 Å². The summed E-state index contributed by atoms with van der Waals surface area (Å²) in [7, 11) is 2.25. The van der Waals surface area contributed by atoms with E-state index >= 15 is 0 Å². The number of rotatable bonds is 3. The molecule has 0 N–H and O–H groups in total. The molecule has 0 amide bonds. The van der Waals surface area contributed by atoms with Crippen LogP contribution in [0.1, 0.15) is 37.2 Å². The van der Waals surface area contributed by atoms with Gasteiger partial charge in [-0.25, -0.2) is 0 Å². The molecule has 1 aromatic carbocycles. The average Bonchev–Trinajstić information content (AvgIpc) is 2.56. The molecule has 0 saturated carbocycles. The highest BCUT2D eigenvalue weighted by molar-refractivity contribution is 5.34. The summed E-state index contributed by atoms with van der Waals surface area (Å²) in [5.41, 5.74) is 3.44. The monoisotopic (exact) mass is 293 g/mol. The lowest BCUT2D eigenvalue weighted by molar-refractivity contribution is 0.103. The maximum atomic E-state index is 3.82. The molecule has 2 aliphatic rings. The first-order valence-corrected chi connectivity index (χ1v) is 8.44. The predicted octanol–water partition coefficient (Wildman–Crippen LogP) is 4.94. The zero-order chi connectivity index (χ0) is 15.4. The van der Waals surface area contributed by atoms with Crippen LogP contribution >= 0.6 is 0 Å². The van der Waals surface area contributed by atoms with Crippen LogP contribution in [0.25, 0.3) is 0 Å². The predicted molar refractivity (Wildman–Crippen MR) is 95.0 cm³/mol. The van der Waals surface area contributed by atoms with Crippen LogP contribution in [0.2, 0.25) is 0 Å². The summed E-state index contributed by atoms with van der Waals surface area (Å²) in [5.74, 6) is 0.558. The first-order valence-electron chi connectivity index (χ1n) is 8.44. The van der Waals surface area contributed by atoms with E-state index in [4.69, 9.17) is 0 Å². The largest absolute Gasteiger partial charge is 0.306 e. The molecule has 0 bridgehead atoms. The Kier molecular flexibility index (Phi) is 4.63. The number of allylic oxidation sites excluding steroid dienone is 5. The fourth-order valence-corrected chi connectivity index (χ4v) is 4.04. The van der Waals surface area contributed by atoms with Crippen LogP contribution in [-0.4, -0.2) is 25.0 Å². The summed E-state index contributed by atoms with van der Waals surface area (Å²) in [6, 6.07) is 11.0. The van der Waals surface area contributed by atoms with E-state index in [9.17, 15) is 0 Å². The first-order chi connectivity index (χ1) is 10.7. The normalized spacial score (nSPS) is 25.3. The van der Waals surface area contributed by atoms with Gasteiger partial charge in [-0.1, -0.05) is 66.8 Å². The molecule has 0 aromatic heterocycles. The zero-order valence-corrected chi connectivity index (χ0v) is 13.7. The van der Waals surface area contributed by atoms with Crippen LogP contribution in [0.15, 0.2) is 66.8 Å². The molecule has 1 heterocycles. The Labute approximate surface area is 135 Å². The lowest BCUT2D eigenvalue weighted by Gasteiger charge is -2.45. The standard InChI is InChI=1S/C21H27N/c1-3-4-8-18-15-20(19-9-6-5-7-10-19)17-21(16-18)11-13-22(2)14-12-21/h3-10,15,20H,1,11-14,16-17H2,2H3/b8-4-. The Bertz CT molecular complexity index is 559. The molecule has 1 aromatic rings. The molecule has 1 aliphatic heterocycles. The van der Waals surface area contributed by atoms with Gasteiger partial charge in [0.05, 0.1) is 0 Å². The molecular formula is C21H27N. The van der Waals surface area contributed by atoms with Crippen molar-refractivity contribution in [1.29, 1.82) is 0 Å². The van der Waals surface area contributed by atoms with E-state index < -0.39 is 0 Å². The number of hydrogen-bond donors (Lipinski definition) is 0. The second kappa shape index (κ2) is 6.66. The first kappa shape index (κ1) is 15.3. The van der Waals surface area contributed by atoms with Crippen LogP contribution in [0.4, 0.5) is 0 Å². The van der Waals surface area contributed by atoms with Gasteiger partial charge in [0, 0.05) is 5.92 Å². The van der Waals surface area contributed by atoms with Crippen molar-refractivity contribution in [2.45, 2.75) is 31.6 Å². The minimum atomic E-state index is 0.489. The van der Waals surface area contributed by atoms with Gasteiger partial charge in [0.15, 0.2) is 0 Å². The summed E-state index contributed by atoms with van der Waals surface area (Å²) in [5, 5.41) is 0. The maximum absolute atomic E-state index is 3.82. The number of nitrogens with zero attached hydrogens (tertiary/aromatic N) is 1. The molecule has 1 unspecified atom stereocenters. The third-order valence-corrected chi connectivity index (χ3v) is 5.37. The fourth-order valence-electron chi connectivity index (χ4n) is 4.04. The van der Waals surface area contributed by atoms with Crippen molar-refractivity contribution >= 4 is 0 Å². The van der Waals surface area contributed by atoms with Gasteiger partial charge < -0.3 is 4.90 Å². The number of piperidine rings is 1. The molecule has 1 aliphatic carbocycles. The third-order valence-electron chi connectivity index (χ3n) is 5.37. The van der Waals surface area contributed by atoms with Crippen LogP contribution in [0, 0.1) is 5.41 Å². The summed E-state index contributed by atoms with van der Waals surface area (Å²) < 4.78 is 0. The molecule has 1 heteroatoms. The van der Waals surface area contributed by atoms with Crippen molar-refractivity contribution < 1.29 is 0 Å². The number of hydrogen-bond acceptors (Lipinski definition) is 1. The minimum absolute atomic E-state index is 0.489. The summed E-state index contributed by atoms with van der Waals surface area (Å²) in [4.78, 5) is 2.47. The second-order valence-electron chi connectivity index (χ2n) is 7.04. The third kappa shape index (κ3) is 3.41. The molecule has 1 fully saturated rings. The highest BCUT2D eigenvalue weighted by Gasteiger charge is 2.38. The van der Waals surface area contributed by atoms with Gasteiger partial charge in [0.25, 0.3) is 0 Å². The van der Waals surface area contributed by atoms with E-state index in [1.807, 2.05) is 6.08 Å².